The molecule has 0 saturated carbocycles. The Morgan fingerprint density at radius 2 is 1.85 bits per heavy atom. The van der Waals surface area contributed by atoms with E-state index in [0.717, 1.165) is 11.8 Å². The lowest BCUT2D eigenvalue weighted by Crippen LogP contribution is -2.06. The Kier molecular flexibility index (Phi) is 4.26. The van der Waals surface area contributed by atoms with Gasteiger partial charge in [-0.25, -0.2) is 0 Å². The Morgan fingerprint density at radius 3 is 2.65 bits per heavy atom. The van der Waals surface area contributed by atoms with Crippen molar-refractivity contribution in [3.05, 3.63) is 70.3 Å². The average molecular weight is 329 g/mol. The van der Waals surface area contributed by atoms with Gasteiger partial charge < -0.3 is 0 Å². The molecule has 0 N–H and O–H groups in total. The van der Waals surface area contributed by atoms with E-state index < -0.39 is 0 Å². The molecule has 0 nitrogen and oxygen atoms in total. The van der Waals surface area contributed by atoms with Gasteiger partial charge in [0.25, 0.3) is 0 Å². The lowest BCUT2D eigenvalue weighted by Gasteiger charge is -2.17. The van der Waals surface area contributed by atoms with Crippen molar-refractivity contribution in [3.8, 4) is 0 Å². The summed E-state index contributed by atoms with van der Waals surface area (Å²) in [7, 11) is 0. The van der Waals surface area contributed by atoms with Crippen LogP contribution in [0.1, 0.15) is 40.2 Å². The molecule has 0 aromatic heterocycles. The zero-order chi connectivity index (χ0) is 13.9. The van der Waals surface area contributed by atoms with E-state index in [-0.39, 0.29) is 0 Å². The number of halogens is 1. The van der Waals surface area contributed by atoms with Crippen LogP contribution in [-0.4, -0.2) is 5.33 Å². The topological polar surface area (TPSA) is 0 Å². The maximum atomic E-state index is 3.71. The van der Waals surface area contributed by atoms with Crippen LogP contribution < -0.4 is 0 Å². The molecule has 0 saturated heterocycles. The second kappa shape index (κ2) is 6.13. The molecule has 0 amide bonds. The molecule has 104 valence electrons. The quantitative estimate of drug-likeness (QED) is 0.676. The molecule has 0 spiro atoms. The van der Waals surface area contributed by atoms with Crippen molar-refractivity contribution < 1.29 is 0 Å². The largest absolute Gasteiger partial charge is 0.0921 e. The third kappa shape index (κ3) is 2.83. The van der Waals surface area contributed by atoms with Crippen LogP contribution in [0.3, 0.4) is 0 Å². The maximum Gasteiger partial charge on any atom is 0.0103 e. The van der Waals surface area contributed by atoms with E-state index in [1.165, 1.54) is 36.0 Å². The van der Waals surface area contributed by atoms with Crippen molar-refractivity contribution in [3.63, 3.8) is 0 Å². The van der Waals surface area contributed by atoms with Crippen LogP contribution >= 0.6 is 15.9 Å². The summed E-state index contributed by atoms with van der Waals surface area (Å²) >= 11 is 3.71. The van der Waals surface area contributed by atoms with E-state index >= 15 is 0 Å². The van der Waals surface area contributed by atoms with E-state index in [4.69, 9.17) is 0 Å². The molecule has 20 heavy (non-hydrogen) atoms. The third-order valence-electron chi connectivity index (χ3n) is 4.46. The molecule has 1 aliphatic rings. The molecule has 0 heterocycles. The molecule has 3 rings (SSSR count). The van der Waals surface area contributed by atoms with E-state index in [0.29, 0.717) is 5.92 Å². The van der Waals surface area contributed by atoms with Crippen LogP contribution in [0.15, 0.2) is 42.5 Å². The number of aryl methyl sites for hydroxylation is 3. The van der Waals surface area contributed by atoms with Crippen molar-refractivity contribution in [2.45, 2.75) is 38.5 Å². The predicted molar refractivity (Wildman–Crippen MR) is 89.9 cm³/mol. The van der Waals surface area contributed by atoms with Gasteiger partial charge in [0.2, 0.25) is 0 Å². The minimum atomic E-state index is 0.565. The number of hydrogen-bond donors (Lipinski definition) is 0. The Morgan fingerprint density at radius 1 is 1.05 bits per heavy atom. The van der Waals surface area contributed by atoms with Gasteiger partial charge in [0, 0.05) is 5.33 Å². The van der Waals surface area contributed by atoms with Crippen LogP contribution in [0.2, 0.25) is 0 Å². The fourth-order valence-electron chi connectivity index (χ4n) is 3.33. The first-order valence-electron chi connectivity index (χ1n) is 7.50. The standard InChI is InChI=1S/C19H21Br/c1-14-5-2-3-8-19(14)18(13-20)12-15-9-10-16-6-4-7-17(16)11-15/h2-3,5,8-11,18H,4,6-7,12-13H2,1H3. The lowest BCUT2D eigenvalue weighted by molar-refractivity contribution is 0.768. The van der Waals surface area contributed by atoms with Crippen molar-refractivity contribution >= 4 is 15.9 Å². The van der Waals surface area contributed by atoms with Gasteiger partial charge in [0.05, 0.1) is 0 Å². The Hall–Kier alpha value is -1.08. The first-order chi connectivity index (χ1) is 9.78. The fourth-order valence-corrected chi connectivity index (χ4v) is 3.91. The molecule has 2 aromatic rings. The fraction of sp³-hybridized carbons (Fsp3) is 0.368. The van der Waals surface area contributed by atoms with Crippen molar-refractivity contribution in [2.24, 2.45) is 0 Å². The predicted octanol–water partition coefficient (Wildman–Crippen LogP) is 5.20. The normalized spacial score (nSPS) is 15.1. The summed E-state index contributed by atoms with van der Waals surface area (Å²) < 4.78 is 0. The average Bonchev–Trinajstić information content (AvgIpc) is 2.93. The minimum absolute atomic E-state index is 0.565. The molecule has 1 unspecified atom stereocenters. The molecular formula is C19H21Br. The summed E-state index contributed by atoms with van der Waals surface area (Å²) in [6.45, 7) is 2.22. The van der Waals surface area contributed by atoms with Crippen LogP contribution in [0.5, 0.6) is 0 Å². The van der Waals surface area contributed by atoms with Crippen LogP contribution in [0.4, 0.5) is 0 Å². The van der Waals surface area contributed by atoms with Crippen molar-refractivity contribution in [2.75, 3.05) is 5.33 Å². The minimum Gasteiger partial charge on any atom is -0.0921 e. The van der Waals surface area contributed by atoms with Gasteiger partial charge in [-0.2, -0.15) is 0 Å². The number of hydrogen-bond acceptors (Lipinski definition) is 0. The number of alkyl halides is 1. The van der Waals surface area contributed by atoms with Crippen LogP contribution in [-0.2, 0) is 19.3 Å². The van der Waals surface area contributed by atoms with Gasteiger partial charge in [0.1, 0.15) is 0 Å². The van der Waals surface area contributed by atoms with Gasteiger partial charge >= 0.3 is 0 Å². The second-order valence-electron chi connectivity index (χ2n) is 5.87. The molecule has 0 radical (unpaired) electrons. The summed E-state index contributed by atoms with van der Waals surface area (Å²) in [5, 5.41) is 1.02. The highest BCUT2D eigenvalue weighted by Crippen LogP contribution is 2.28. The van der Waals surface area contributed by atoms with Crippen molar-refractivity contribution in [1.82, 2.24) is 0 Å². The maximum absolute atomic E-state index is 3.71. The number of benzene rings is 2. The molecule has 0 aliphatic heterocycles. The molecule has 0 bridgehead atoms. The smallest absolute Gasteiger partial charge is 0.0103 e. The first-order valence-corrected chi connectivity index (χ1v) is 8.62. The summed E-state index contributed by atoms with van der Waals surface area (Å²) in [6.07, 6.45) is 5.00. The van der Waals surface area contributed by atoms with Gasteiger partial charge in [-0.3, -0.25) is 0 Å². The Bertz CT molecular complexity index is 600. The number of rotatable bonds is 4. The summed E-state index contributed by atoms with van der Waals surface area (Å²) in [4.78, 5) is 0. The Labute approximate surface area is 130 Å². The molecule has 1 heteroatoms. The van der Waals surface area contributed by atoms with E-state index in [2.05, 4.69) is 65.3 Å². The third-order valence-corrected chi connectivity index (χ3v) is 5.24. The van der Waals surface area contributed by atoms with Crippen LogP contribution in [0, 0.1) is 6.92 Å². The van der Waals surface area contributed by atoms with Gasteiger partial charge in [0.15, 0.2) is 0 Å². The molecule has 1 aliphatic carbocycles. The molecule has 1 atom stereocenters. The van der Waals surface area contributed by atoms with Gasteiger partial charge in [-0.05, 0) is 66.3 Å². The monoisotopic (exact) mass is 328 g/mol. The van der Waals surface area contributed by atoms with Gasteiger partial charge in [-0.1, -0.05) is 58.4 Å². The van der Waals surface area contributed by atoms with E-state index in [1.54, 1.807) is 11.1 Å². The second-order valence-corrected chi connectivity index (χ2v) is 6.52. The zero-order valence-corrected chi connectivity index (χ0v) is 13.6. The van der Waals surface area contributed by atoms with Crippen LogP contribution in [0.25, 0.3) is 0 Å². The van der Waals surface area contributed by atoms with E-state index in [1.807, 2.05) is 0 Å². The lowest BCUT2D eigenvalue weighted by atomic mass is 9.90. The van der Waals surface area contributed by atoms with E-state index in [9.17, 15) is 0 Å². The van der Waals surface area contributed by atoms with Crippen molar-refractivity contribution in [1.29, 1.82) is 0 Å². The SMILES string of the molecule is Cc1ccccc1C(CBr)Cc1ccc2c(c1)CCC2. The highest BCUT2D eigenvalue weighted by molar-refractivity contribution is 9.09. The Balaban J connectivity index is 1.83. The molecule has 0 fully saturated rings. The summed E-state index contributed by atoms with van der Waals surface area (Å²) in [6, 6.07) is 15.9. The van der Waals surface area contributed by atoms with Gasteiger partial charge in [-0.15, -0.1) is 0 Å². The summed E-state index contributed by atoms with van der Waals surface area (Å²) in [5.41, 5.74) is 7.52. The highest BCUT2D eigenvalue weighted by Gasteiger charge is 2.15. The summed E-state index contributed by atoms with van der Waals surface area (Å²) in [5.74, 6) is 0.565. The highest BCUT2D eigenvalue weighted by atomic mass is 79.9. The zero-order valence-electron chi connectivity index (χ0n) is 12.0. The number of fused-ring (bicyclic) bond motifs is 1. The molecule has 2 aromatic carbocycles. The first kappa shape index (κ1) is 13.9. The molecular weight excluding hydrogens is 308 g/mol.